The zero-order valence-corrected chi connectivity index (χ0v) is 12.0. The topological polar surface area (TPSA) is 47.9 Å². The molecule has 1 N–H and O–H groups in total. The summed E-state index contributed by atoms with van der Waals surface area (Å²) in [7, 11) is 2.83. The van der Waals surface area contributed by atoms with Crippen LogP contribution in [0.5, 0.6) is 5.75 Å². The molecule has 0 amide bonds. The van der Waals surface area contributed by atoms with Crippen LogP contribution in [0.15, 0.2) is 24.3 Å². The summed E-state index contributed by atoms with van der Waals surface area (Å²) in [6.07, 6.45) is -0.917. The van der Waals surface area contributed by atoms with Crippen molar-refractivity contribution in [1.29, 1.82) is 0 Å². The third-order valence-corrected chi connectivity index (χ3v) is 3.11. The van der Waals surface area contributed by atoms with Gasteiger partial charge in [-0.1, -0.05) is 13.8 Å². The van der Waals surface area contributed by atoms with Crippen LogP contribution in [0, 0.1) is 5.92 Å². The van der Waals surface area contributed by atoms with Crippen LogP contribution in [0.3, 0.4) is 0 Å². The molecular weight excluding hydrogens is 270 g/mol. The Bertz CT molecular complexity index is 402. The van der Waals surface area contributed by atoms with E-state index in [2.05, 4.69) is 4.74 Å². The molecule has 0 saturated heterocycles. The fraction of sp³-hybridized carbons (Fsp3) is 0.571. The number of hydrogen-bond donors (Lipinski definition) is 1. The van der Waals surface area contributed by atoms with Gasteiger partial charge in [0.05, 0.1) is 0 Å². The molecule has 0 aliphatic heterocycles. The first-order chi connectivity index (χ1) is 9.37. The molecule has 1 aromatic carbocycles. The maximum Gasteiger partial charge on any atom is 0.387 e. The highest BCUT2D eigenvalue weighted by atomic mass is 19.3. The van der Waals surface area contributed by atoms with Crippen LogP contribution in [0.2, 0.25) is 0 Å². The maximum atomic E-state index is 12.1. The molecule has 0 aliphatic rings. The van der Waals surface area contributed by atoms with Gasteiger partial charge in [-0.2, -0.15) is 8.78 Å². The lowest BCUT2D eigenvalue weighted by molar-refractivity contribution is -0.277. The maximum absolute atomic E-state index is 12.1. The third kappa shape index (κ3) is 3.45. The van der Waals surface area contributed by atoms with Crippen molar-refractivity contribution in [3.05, 3.63) is 29.8 Å². The van der Waals surface area contributed by atoms with Gasteiger partial charge in [0.25, 0.3) is 0 Å². The zero-order chi connectivity index (χ0) is 15.3. The molecule has 0 heterocycles. The van der Waals surface area contributed by atoms with Crippen LogP contribution in [0.25, 0.3) is 0 Å². The van der Waals surface area contributed by atoms with Gasteiger partial charge >= 0.3 is 6.61 Å². The second-order valence-corrected chi connectivity index (χ2v) is 4.67. The highest BCUT2D eigenvalue weighted by Crippen LogP contribution is 2.34. The molecule has 1 atom stereocenters. The zero-order valence-electron chi connectivity index (χ0n) is 12.0. The van der Waals surface area contributed by atoms with Crippen molar-refractivity contribution in [3.63, 3.8) is 0 Å². The van der Waals surface area contributed by atoms with Gasteiger partial charge in [-0.05, 0) is 30.2 Å². The Labute approximate surface area is 117 Å². The van der Waals surface area contributed by atoms with Crippen molar-refractivity contribution in [2.45, 2.75) is 32.4 Å². The van der Waals surface area contributed by atoms with Crippen LogP contribution in [0.1, 0.15) is 19.4 Å². The fourth-order valence-electron chi connectivity index (χ4n) is 2.04. The number of aliphatic hydroxyl groups is 1. The highest BCUT2D eigenvalue weighted by molar-refractivity contribution is 5.30. The normalized spacial score (nSPS) is 13.8. The first-order valence-corrected chi connectivity index (χ1v) is 6.21. The molecule has 114 valence electrons. The number of methoxy groups -OCH3 is 2. The van der Waals surface area contributed by atoms with E-state index in [4.69, 9.17) is 9.47 Å². The average molecular weight is 290 g/mol. The van der Waals surface area contributed by atoms with E-state index in [9.17, 15) is 13.9 Å². The van der Waals surface area contributed by atoms with E-state index in [1.54, 1.807) is 0 Å². The second kappa shape index (κ2) is 6.97. The smallest absolute Gasteiger partial charge is 0.387 e. The van der Waals surface area contributed by atoms with E-state index >= 15 is 0 Å². The molecule has 1 aromatic rings. The van der Waals surface area contributed by atoms with Crippen molar-refractivity contribution in [2.75, 3.05) is 14.2 Å². The Kier molecular flexibility index (Phi) is 5.86. The summed E-state index contributed by atoms with van der Waals surface area (Å²) in [6.45, 7) is 0.772. The monoisotopic (exact) mass is 290 g/mol. The van der Waals surface area contributed by atoms with Gasteiger partial charge in [0.1, 0.15) is 11.9 Å². The average Bonchev–Trinajstić information content (AvgIpc) is 2.41. The van der Waals surface area contributed by atoms with Gasteiger partial charge in [0.2, 0.25) is 5.79 Å². The Hall–Kier alpha value is -1.24. The largest absolute Gasteiger partial charge is 0.435 e. The number of alkyl halides is 2. The number of rotatable bonds is 7. The Morgan fingerprint density at radius 3 is 1.90 bits per heavy atom. The lowest BCUT2D eigenvalue weighted by Crippen LogP contribution is -2.46. The minimum absolute atomic E-state index is 0.0314. The quantitative estimate of drug-likeness (QED) is 0.784. The molecule has 0 radical (unpaired) electrons. The number of halogens is 2. The van der Waals surface area contributed by atoms with Gasteiger partial charge in [-0.25, -0.2) is 0 Å². The van der Waals surface area contributed by atoms with Gasteiger partial charge < -0.3 is 19.3 Å². The minimum Gasteiger partial charge on any atom is -0.435 e. The molecule has 20 heavy (non-hydrogen) atoms. The van der Waals surface area contributed by atoms with Gasteiger partial charge in [0.15, 0.2) is 0 Å². The Morgan fingerprint density at radius 2 is 1.55 bits per heavy atom. The third-order valence-electron chi connectivity index (χ3n) is 3.11. The number of aliphatic hydroxyl groups excluding tert-OH is 1. The molecule has 0 saturated carbocycles. The summed E-state index contributed by atoms with van der Waals surface area (Å²) in [6, 6.07) is 5.80. The first kappa shape index (κ1) is 16.8. The fourth-order valence-corrected chi connectivity index (χ4v) is 2.04. The molecule has 4 nitrogen and oxygen atoms in total. The molecule has 0 bridgehead atoms. The van der Waals surface area contributed by atoms with Crippen molar-refractivity contribution in [2.24, 2.45) is 5.92 Å². The molecule has 1 unspecified atom stereocenters. The Balaban J connectivity index is 3.09. The van der Waals surface area contributed by atoms with Gasteiger partial charge in [-0.15, -0.1) is 0 Å². The van der Waals surface area contributed by atoms with E-state index in [-0.39, 0.29) is 11.7 Å². The van der Waals surface area contributed by atoms with Gasteiger partial charge in [0, 0.05) is 19.8 Å². The van der Waals surface area contributed by atoms with Crippen LogP contribution in [-0.2, 0) is 15.3 Å². The van der Waals surface area contributed by atoms with Crippen LogP contribution >= 0.6 is 0 Å². The van der Waals surface area contributed by atoms with Gasteiger partial charge in [-0.3, -0.25) is 0 Å². The van der Waals surface area contributed by atoms with E-state index in [0.29, 0.717) is 5.56 Å². The molecular formula is C14H20F2O4. The van der Waals surface area contributed by atoms with Crippen molar-refractivity contribution in [3.8, 4) is 5.75 Å². The predicted octanol–water partition coefficient (Wildman–Crippen LogP) is 2.75. The first-order valence-electron chi connectivity index (χ1n) is 6.21. The number of hydrogen-bond acceptors (Lipinski definition) is 4. The highest BCUT2D eigenvalue weighted by Gasteiger charge is 2.42. The summed E-state index contributed by atoms with van der Waals surface area (Å²) in [4.78, 5) is 0. The standard InChI is InChI=1S/C14H20F2O4/c1-9(2)12(17)14(18-3,19-4)10-5-7-11(8-6-10)20-13(15)16/h5-9,12-13,17H,1-4H3. The van der Waals surface area contributed by atoms with E-state index in [1.807, 2.05) is 13.8 Å². The number of benzene rings is 1. The molecule has 0 spiro atoms. The minimum atomic E-state index is -2.88. The Morgan fingerprint density at radius 1 is 1.05 bits per heavy atom. The van der Waals surface area contributed by atoms with Crippen molar-refractivity contribution >= 4 is 0 Å². The molecule has 6 heteroatoms. The van der Waals surface area contributed by atoms with E-state index < -0.39 is 18.5 Å². The van der Waals surface area contributed by atoms with Crippen molar-refractivity contribution < 1.29 is 28.1 Å². The van der Waals surface area contributed by atoms with Crippen LogP contribution in [0.4, 0.5) is 8.78 Å². The lowest BCUT2D eigenvalue weighted by atomic mass is 9.92. The molecule has 1 rings (SSSR count). The van der Waals surface area contributed by atoms with E-state index in [0.717, 1.165) is 0 Å². The predicted molar refractivity (Wildman–Crippen MR) is 69.6 cm³/mol. The summed E-state index contributed by atoms with van der Waals surface area (Å²) in [5, 5.41) is 10.3. The lowest BCUT2D eigenvalue weighted by Gasteiger charge is -2.37. The molecule has 0 aromatic heterocycles. The summed E-state index contributed by atoms with van der Waals surface area (Å²) >= 11 is 0. The number of ether oxygens (including phenoxy) is 3. The molecule has 0 aliphatic carbocycles. The SMILES string of the molecule is COC(OC)(c1ccc(OC(F)F)cc1)C(O)C(C)C. The summed E-state index contributed by atoms with van der Waals surface area (Å²) in [5.41, 5.74) is 0.519. The molecule has 0 fully saturated rings. The van der Waals surface area contributed by atoms with Crippen LogP contribution < -0.4 is 4.74 Å². The van der Waals surface area contributed by atoms with Crippen LogP contribution in [-0.4, -0.2) is 32.0 Å². The van der Waals surface area contributed by atoms with E-state index in [1.165, 1.54) is 38.5 Å². The van der Waals surface area contributed by atoms with Crippen molar-refractivity contribution in [1.82, 2.24) is 0 Å². The summed E-state index contributed by atoms with van der Waals surface area (Å²) in [5.74, 6) is -1.44. The second-order valence-electron chi connectivity index (χ2n) is 4.67. The summed E-state index contributed by atoms with van der Waals surface area (Å²) < 4.78 is 39.2.